The third-order valence-corrected chi connectivity index (χ3v) is 5.66. The number of carbonyl (C=O) groups excluding carboxylic acids is 1. The molecule has 1 amide bonds. The van der Waals surface area contributed by atoms with Gasteiger partial charge in [0.05, 0.1) is 5.56 Å². The highest BCUT2D eigenvalue weighted by Crippen LogP contribution is 2.24. The van der Waals surface area contributed by atoms with Gasteiger partial charge in [0.25, 0.3) is 5.91 Å². The maximum atomic E-state index is 11.9. The number of halogens is 1. The molecule has 0 aliphatic carbocycles. The molecule has 1 aliphatic rings. The number of hydrogen-bond donors (Lipinski definition) is 2. The quantitative estimate of drug-likeness (QED) is 0.901. The molecular formula is C12H14ClNO2S2. The van der Waals surface area contributed by atoms with Gasteiger partial charge in [0.2, 0.25) is 0 Å². The highest BCUT2D eigenvalue weighted by atomic mass is 35.5. The molecular weight excluding hydrogens is 290 g/mol. The van der Waals surface area contributed by atoms with E-state index in [2.05, 4.69) is 5.32 Å². The van der Waals surface area contributed by atoms with Crippen LogP contribution in [0, 0.1) is 0 Å². The summed E-state index contributed by atoms with van der Waals surface area (Å²) in [7, 11) is 0. The van der Waals surface area contributed by atoms with Gasteiger partial charge in [-0.2, -0.15) is 23.5 Å². The van der Waals surface area contributed by atoms with E-state index in [-0.39, 0.29) is 17.2 Å². The number of amides is 1. The van der Waals surface area contributed by atoms with Gasteiger partial charge in [-0.25, -0.2) is 0 Å². The fourth-order valence-electron chi connectivity index (χ4n) is 1.65. The van der Waals surface area contributed by atoms with E-state index in [1.807, 2.05) is 23.5 Å². The highest BCUT2D eigenvalue weighted by Gasteiger charge is 2.17. The van der Waals surface area contributed by atoms with Crippen molar-refractivity contribution in [2.45, 2.75) is 5.25 Å². The van der Waals surface area contributed by atoms with Crippen LogP contribution in [0.3, 0.4) is 0 Å². The molecule has 0 aromatic heterocycles. The van der Waals surface area contributed by atoms with Crippen molar-refractivity contribution in [2.75, 3.05) is 23.8 Å². The Labute approximate surface area is 120 Å². The number of carbonyl (C=O) groups is 1. The molecule has 1 unspecified atom stereocenters. The molecule has 1 fully saturated rings. The second-order valence-electron chi connectivity index (χ2n) is 3.94. The van der Waals surface area contributed by atoms with Crippen LogP contribution in [0.4, 0.5) is 0 Å². The first-order valence-corrected chi connectivity index (χ1v) is 8.21. The number of aromatic hydroxyl groups is 1. The van der Waals surface area contributed by atoms with Gasteiger partial charge in [0.15, 0.2) is 0 Å². The molecule has 2 N–H and O–H groups in total. The summed E-state index contributed by atoms with van der Waals surface area (Å²) >= 11 is 9.53. The highest BCUT2D eigenvalue weighted by molar-refractivity contribution is 8.06. The van der Waals surface area contributed by atoms with Gasteiger partial charge in [-0.1, -0.05) is 11.6 Å². The molecule has 1 saturated heterocycles. The molecule has 1 atom stereocenters. The standard InChI is InChI=1S/C12H14ClNO2S2/c13-8-1-2-10(11(15)5-8)12(16)14-6-9-7-17-3-4-18-9/h1-2,5,9,15H,3-4,6-7H2,(H,14,16). The van der Waals surface area contributed by atoms with E-state index >= 15 is 0 Å². The minimum atomic E-state index is -0.250. The van der Waals surface area contributed by atoms with Crippen LogP contribution in [0.5, 0.6) is 5.75 Å². The zero-order chi connectivity index (χ0) is 13.0. The minimum absolute atomic E-state index is 0.0781. The molecule has 3 nitrogen and oxygen atoms in total. The van der Waals surface area contributed by atoms with Gasteiger partial charge >= 0.3 is 0 Å². The van der Waals surface area contributed by atoms with Gasteiger partial charge in [-0.3, -0.25) is 4.79 Å². The Hall–Kier alpha value is -0.520. The van der Waals surface area contributed by atoms with Gasteiger partial charge in [0.1, 0.15) is 5.75 Å². The second kappa shape index (κ2) is 6.59. The molecule has 18 heavy (non-hydrogen) atoms. The third kappa shape index (κ3) is 3.73. The maximum absolute atomic E-state index is 11.9. The minimum Gasteiger partial charge on any atom is -0.507 e. The summed E-state index contributed by atoms with van der Waals surface area (Å²) in [5, 5.41) is 13.4. The van der Waals surface area contributed by atoms with Crippen LogP contribution in [-0.4, -0.2) is 40.1 Å². The predicted octanol–water partition coefficient (Wildman–Crippen LogP) is 2.62. The van der Waals surface area contributed by atoms with E-state index < -0.39 is 0 Å². The Morgan fingerprint density at radius 3 is 3.00 bits per heavy atom. The van der Waals surface area contributed by atoms with Gasteiger partial charge in [-0.05, 0) is 18.2 Å². The smallest absolute Gasteiger partial charge is 0.255 e. The van der Waals surface area contributed by atoms with Crippen molar-refractivity contribution in [3.8, 4) is 5.75 Å². The summed E-state index contributed by atoms with van der Waals surface area (Å²) < 4.78 is 0. The van der Waals surface area contributed by atoms with Crippen molar-refractivity contribution in [3.05, 3.63) is 28.8 Å². The van der Waals surface area contributed by atoms with E-state index in [0.717, 1.165) is 11.5 Å². The fourth-order valence-corrected chi connectivity index (χ4v) is 4.43. The number of phenols is 1. The van der Waals surface area contributed by atoms with Crippen molar-refractivity contribution in [2.24, 2.45) is 0 Å². The van der Waals surface area contributed by atoms with E-state index in [4.69, 9.17) is 11.6 Å². The summed E-state index contributed by atoms with van der Waals surface area (Å²) in [5.74, 6) is 3.06. The van der Waals surface area contributed by atoms with Crippen LogP contribution >= 0.6 is 35.1 Å². The van der Waals surface area contributed by atoms with E-state index in [1.54, 1.807) is 6.07 Å². The lowest BCUT2D eigenvalue weighted by Crippen LogP contribution is -2.33. The molecule has 0 bridgehead atoms. The van der Waals surface area contributed by atoms with Crippen LogP contribution in [0.25, 0.3) is 0 Å². The molecule has 1 aromatic carbocycles. The molecule has 2 rings (SSSR count). The summed E-state index contributed by atoms with van der Waals surface area (Å²) in [5.41, 5.74) is 0.271. The molecule has 0 spiro atoms. The van der Waals surface area contributed by atoms with Gasteiger partial charge in [-0.15, -0.1) is 0 Å². The molecule has 0 radical (unpaired) electrons. The summed E-state index contributed by atoms with van der Waals surface area (Å²) in [6.45, 7) is 0.637. The normalized spacial score (nSPS) is 19.5. The van der Waals surface area contributed by atoms with Gasteiger partial charge < -0.3 is 10.4 Å². The average molecular weight is 304 g/mol. The average Bonchev–Trinajstić information content (AvgIpc) is 2.37. The van der Waals surface area contributed by atoms with Crippen LogP contribution in [0.2, 0.25) is 5.02 Å². The van der Waals surface area contributed by atoms with E-state index in [0.29, 0.717) is 16.8 Å². The fraction of sp³-hybridized carbons (Fsp3) is 0.417. The summed E-state index contributed by atoms with van der Waals surface area (Å²) in [6, 6.07) is 4.51. The number of rotatable bonds is 3. The van der Waals surface area contributed by atoms with Crippen LogP contribution in [0.15, 0.2) is 18.2 Å². The Morgan fingerprint density at radius 1 is 1.50 bits per heavy atom. The Morgan fingerprint density at radius 2 is 2.33 bits per heavy atom. The number of thioether (sulfide) groups is 2. The largest absolute Gasteiger partial charge is 0.507 e. The molecule has 1 heterocycles. The lowest BCUT2D eigenvalue weighted by Gasteiger charge is -2.21. The molecule has 1 aromatic rings. The van der Waals surface area contributed by atoms with Crippen molar-refractivity contribution in [1.29, 1.82) is 0 Å². The predicted molar refractivity (Wildman–Crippen MR) is 79.0 cm³/mol. The SMILES string of the molecule is O=C(NCC1CSCCS1)c1ccc(Cl)cc1O. The summed E-state index contributed by atoms with van der Waals surface area (Å²) in [4.78, 5) is 11.9. The van der Waals surface area contributed by atoms with Crippen LogP contribution in [-0.2, 0) is 0 Å². The Bertz CT molecular complexity index is 436. The lowest BCUT2D eigenvalue weighted by atomic mass is 10.2. The second-order valence-corrected chi connectivity index (χ2v) is 6.93. The zero-order valence-electron chi connectivity index (χ0n) is 9.69. The first kappa shape index (κ1) is 13.9. The number of nitrogens with one attached hydrogen (secondary N) is 1. The number of benzene rings is 1. The third-order valence-electron chi connectivity index (χ3n) is 2.58. The molecule has 1 aliphatic heterocycles. The molecule has 0 saturated carbocycles. The maximum Gasteiger partial charge on any atom is 0.255 e. The summed E-state index contributed by atoms with van der Waals surface area (Å²) in [6.07, 6.45) is 0. The zero-order valence-corrected chi connectivity index (χ0v) is 12.1. The number of phenolic OH excluding ortho intramolecular Hbond substituents is 1. The molecule has 98 valence electrons. The van der Waals surface area contributed by atoms with Crippen LogP contribution < -0.4 is 5.32 Å². The van der Waals surface area contributed by atoms with Crippen molar-refractivity contribution in [1.82, 2.24) is 5.32 Å². The first-order chi connectivity index (χ1) is 8.66. The molecule has 6 heteroatoms. The lowest BCUT2D eigenvalue weighted by molar-refractivity contribution is 0.0951. The van der Waals surface area contributed by atoms with Crippen molar-refractivity contribution >= 4 is 41.0 Å². The topological polar surface area (TPSA) is 49.3 Å². The van der Waals surface area contributed by atoms with Gasteiger partial charge in [0, 0.05) is 34.1 Å². The van der Waals surface area contributed by atoms with Crippen LogP contribution in [0.1, 0.15) is 10.4 Å². The Balaban J connectivity index is 1.90. The Kier molecular flexibility index (Phi) is 5.09. The van der Waals surface area contributed by atoms with E-state index in [9.17, 15) is 9.90 Å². The first-order valence-electron chi connectivity index (χ1n) is 5.63. The monoisotopic (exact) mass is 303 g/mol. The van der Waals surface area contributed by atoms with Crippen molar-refractivity contribution < 1.29 is 9.90 Å². The van der Waals surface area contributed by atoms with Crippen molar-refractivity contribution in [3.63, 3.8) is 0 Å². The van der Waals surface area contributed by atoms with E-state index in [1.165, 1.54) is 17.9 Å². The number of hydrogen-bond acceptors (Lipinski definition) is 4.